The molecule has 3 heteroatoms. The molecule has 3 nitrogen and oxygen atoms in total. The van der Waals surface area contributed by atoms with Crippen LogP contribution >= 0.6 is 0 Å². The third-order valence-corrected chi connectivity index (χ3v) is 3.29. The molecule has 1 atom stereocenters. The Labute approximate surface area is 121 Å². The number of hydrogen-bond acceptors (Lipinski definition) is 3. The van der Waals surface area contributed by atoms with Crippen LogP contribution in [0, 0.1) is 6.92 Å². The highest BCUT2D eigenvalue weighted by Gasteiger charge is 2.12. The summed E-state index contributed by atoms with van der Waals surface area (Å²) in [6, 6.07) is 8.32. The quantitative estimate of drug-likeness (QED) is 0.696. The first-order valence-corrected chi connectivity index (χ1v) is 7.33. The minimum absolute atomic E-state index is 0.288. The van der Waals surface area contributed by atoms with Gasteiger partial charge >= 0.3 is 0 Å². The minimum atomic E-state index is 0.288. The van der Waals surface area contributed by atoms with Gasteiger partial charge in [0.05, 0.1) is 12.8 Å². The number of aryl methyl sites for hydroxylation is 1. The largest absolute Gasteiger partial charge is 0.494 e. The highest BCUT2D eigenvalue weighted by Crippen LogP contribution is 2.21. The Bertz CT molecular complexity index is 516. The Morgan fingerprint density at radius 3 is 2.60 bits per heavy atom. The van der Waals surface area contributed by atoms with Gasteiger partial charge in [0.25, 0.3) is 0 Å². The lowest BCUT2D eigenvalue weighted by molar-refractivity contribution is 0.309. The summed E-state index contributed by atoms with van der Waals surface area (Å²) in [5.74, 6) is 2.91. The molecule has 0 amide bonds. The maximum absolute atomic E-state index is 5.66. The van der Waals surface area contributed by atoms with Crippen molar-refractivity contribution in [2.24, 2.45) is 0 Å². The van der Waals surface area contributed by atoms with E-state index in [2.05, 4.69) is 31.0 Å². The van der Waals surface area contributed by atoms with E-state index < -0.39 is 0 Å². The molecule has 0 spiro atoms. The summed E-state index contributed by atoms with van der Waals surface area (Å²) < 4.78 is 11.2. The molecule has 0 aliphatic carbocycles. The van der Waals surface area contributed by atoms with Crippen LogP contribution in [0.4, 0.5) is 0 Å². The average Bonchev–Trinajstić information content (AvgIpc) is 2.88. The van der Waals surface area contributed by atoms with Gasteiger partial charge < -0.3 is 9.15 Å². The second kappa shape index (κ2) is 7.13. The fourth-order valence-corrected chi connectivity index (χ4v) is 2.10. The number of oxazole rings is 1. The molecule has 0 radical (unpaired) electrons. The van der Waals surface area contributed by atoms with E-state index in [4.69, 9.17) is 9.15 Å². The molecule has 0 unspecified atom stereocenters. The number of rotatable bonds is 7. The Morgan fingerprint density at radius 1 is 1.25 bits per heavy atom. The van der Waals surface area contributed by atoms with Crippen molar-refractivity contribution in [1.82, 2.24) is 4.98 Å². The fourth-order valence-electron chi connectivity index (χ4n) is 2.10. The average molecular weight is 273 g/mol. The summed E-state index contributed by atoms with van der Waals surface area (Å²) >= 11 is 0. The van der Waals surface area contributed by atoms with Gasteiger partial charge in [-0.2, -0.15) is 0 Å². The Balaban J connectivity index is 1.90. The monoisotopic (exact) mass is 273 g/mol. The number of benzene rings is 1. The highest BCUT2D eigenvalue weighted by molar-refractivity contribution is 5.28. The molecule has 0 fully saturated rings. The van der Waals surface area contributed by atoms with Crippen molar-refractivity contribution in [2.75, 3.05) is 6.61 Å². The number of nitrogens with zero attached hydrogens (tertiary/aromatic N) is 1. The van der Waals surface area contributed by atoms with Gasteiger partial charge in [-0.1, -0.05) is 32.4 Å². The predicted molar refractivity (Wildman–Crippen MR) is 80.2 cm³/mol. The van der Waals surface area contributed by atoms with Gasteiger partial charge in [0.1, 0.15) is 11.5 Å². The van der Waals surface area contributed by atoms with Gasteiger partial charge in [-0.15, -0.1) is 0 Å². The molecular weight excluding hydrogens is 250 g/mol. The first kappa shape index (κ1) is 14.6. The molecule has 1 aromatic carbocycles. The summed E-state index contributed by atoms with van der Waals surface area (Å²) in [6.07, 6.45) is 4.96. The van der Waals surface area contributed by atoms with E-state index in [0.29, 0.717) is 0 Å². The number of unbranched alkanes of at least 4 members (excludes halogenated alkanes) is 1. The molecule has 2 rings (SSSR count). The zero-order valence-electron chi connectivity index (χ0n) is 12.6. The van der Waals surface area contributed by atoms with Crippen LogP contribution in [0.15, 0.2) is 34.9 Å². The van der Waals surface area contributed by atoms with Crippen LogP contribution in [-0.2, 0) is 6.42 Å². The van der Waals surface area contributed by atoms with E-state index in [1.54, 1.807) is 6.20 Å². The zero-order valence-corrected chi connectivity index (χ0v) is 12.6. The third kappa shape index (κ3) is 4.12. The van der Waals surface area contributed by atoms with Gasteiger partial charge in [-0.05, 0) is 37.5 Å². The third-order valence-electron chi connectivity index (χ3n) is 3.29. The molecule has 0 saturated carbocycles. The van der Waals surface area contributed by atoms with Gasteiger partial charge in [0.15, 0.2) is 5.89 Å². The van der Waals surface area contributed by atoms with Crippen LogP contribution in [0.25, 0.3) is 0 Å². The summed E-state index contributed by atoms with van der Waals surface area (Å²) in [5, 5.41) is 0. The molecule has 1 aromatic heterocycles. The molecular formula is C17H23NO2. The molecule has 0 aliphatic rings. The second-order valence-electron chi connectivity index (χ2n) is 5.26. The van der Waals surface area contributed by atoms with Crippen molar-refractivity contribution >= 4 is 0 Å². The lowest BCUT2D eigenvalue weighted by Gasteiger charge is -2.09. The van der Waals surface area contributed by atoms with E-state index >= 15 is 0 Å². The molecule has 0 saturated heterocycles. The van der Waals surface area contributed by atoms with Crippen molar-refractivity contribution in [2.45, 2.75) is 46.0 Å². The molecule has 0 aliphatic heterocycles. The summed E-state index contributed by atoms with van der Waals surface area (Å²) in [7, 11) is 0. The molecule has 0 bridgehead atoms. The fraction of sp³-hybridized carbons (Fsp3) is 0.471. The normalized spacial score (nSPS) is 12.3. The number of aromatic nitrogens is 1. The minimum Gasteiger partial charge on any atom is -0.494 e. The SMILES string of the molecule is CCCCOc1ccc(C[C@H](C)c2ncc(C)o2)cc1. The smallest absolute Gasteiger partial charge is 0.197 e. The van der Waals surface area contributed by atoms with Crippen LogP contribution in [0.5, 0.6) is 5.75 Å². The van der Waals surface area contributed by atoms with Gasteiger partial charge in [-0.25, -0.2) is 4.98 Å². The van der Waals surface area contributed by atoms with E-state index in [1.807, 2.05) is 19.1 Å². The summed E-state index contributed by atoms with van der Waals surface area (Å²) in [5.41, 5.74) is 1.27. The lowest BCUT2D eigenvalue weighted by atomic mass is 10.0. The molecule has 0 N–H and O–H groups in total. The highest BCUT2D eigenvalue weighted by atomic mass is 16.5. The maximum atomic E-state index is 5.66. The van der Waals surface area contributed by atoms with Crippen LogP contribution in [0.3, 0.4) is 0 Å². The van der Waals surface area contributed by atoms with Crippen molar-refractivity contribution in [3.05, 3.63) is 47.7 Å². The predicted octanol–water partition coefficient (Wildman–Crippen LogP) is 4.51. The molecule has 2 aromatic rings. The summed E-state index contributed by atoms with van der Waals surface area (Å²) in [6.45, 7) is 7.02. The standard InChI is InChI=1S/C17H23NO2/c1-4-5-10-19-16-8-6-15(7-9-16)11-13(2)17-18-12-14(3)20-17/h6-9,12-13H,4-5,10-11H2,1-3H3/t13-/m0/s1. The van der Waals surface area contributed by atoms with Crippen molar-refractivity contribution in [1.29, 1.82) is 0 Å². The van der Waals surface area contributed by atoms with E-state index in [9.17, 15) is 0 Å². The van der Waals surface area contributed by atoms with E-state index in [0.717, 1.165) is 43.3 Å². The number of hydrogen-bond donors (Lipinski definition) is 0. The van der Waals surface area contributed by atoms with Crippen LogP contribution in [-0.4, -0.2) is 11.6 Å². The summed E-state index contributed by atoms with van der Waals surface area (Å²) in [4.78, 5) is 4.29. The van der Waals surface area contributed by atoms with Crippen molar-refractivity contribution in [3.8, 4) is 5.75 Å². The maximum Gasteiger partial charge on any atom is 0.197 e. The first-order valence-electron chi connectivity index (χ1n) is 7.33. The van der Waals surface area contributed by atoms with Gasteiger partial charge in [-0.3, -0.25) is 0 Å². The lowest BCUT2D eigenvalue weighted by Crippen LogP contribution is -2.00. The molecule has 1 heterocycles. The molecule has 20 heavy (non-hydrogen) atoms. The van der Waals surface area contributed by atoms with Crippen LogP contribution < -0.4 is 4.74 Å². The van der Waals surface area contributed by atoms with E-state index in [-0.39, 0.29) is 5.92 Å². The zero-order chi connectivity index (χ0) is 14.4. The van der Waals surface area contributed by atoms with Crippen molar-refractivity contribution in [3.63, 3.8) is 0 Å². The number of ether oxygens (including phenoxy) is 1. The molecule has 108 valence electrons. The van der Waals surface area contributed by atoms with Gasteiger partial charge in [0, 0.05) is 5.92 Å². The van der Waals surface area contributed by atoms with Gasteiger partial charge in [0.2, 0.25) is 0 Å². The first-order chi connectivity index (χ1) is 9.69. The Hall–Kier alpha value is -1.77. The Kier molecular flexibility index (Phi) is 5.22. The van der Waals surface area contributed by atoms with Crippen LogP contribution in [0.1, 0.15) is 49.8 Å². The van der Waals surface area contributed by atoms with Crippen molar-refractivity contribution < 1.29 is 9.15 Å². The second-order valence-corrected chi connectivity index (χ2v) is 5.26. The Morgan fingerprint density at radius 2 is 2.00 bits per heavy atom. The van der Waals surface area contributed by atoms with E-state index in [1.165, 1.54) is 5.56 Å². The van der Waals surface area contributed by atoms with Crippen LogP contribution in [0.2, 0.25) is 0 Å². The topological polar surface area (TPSA) is 35.3 Å².